The molecule has 0 saturated carbocycles. The maximum Gasteiger partial charge on any atom is 0.407 e. The van der Waals surface area contributed by atoms with Crippen molar-refractivity contribution in [3.05, 3.63) is 95.1 Å². The summed E-state index contributed by atoms with van der Waals surface area (Å²) in [6.07, 6.45) is -3.14. The van der Waals surface area contributed by atoms with Crippen molar-refractivity contribution in [3.8, 4) is 11.1 Å². The van der Waals surface area contributed by atoms with Gasteiger partial charge in [-0.25, -0.2) is 4.79 Å². The fourth-order valence-corrected chi connectivity index (χ4v) is 4.12. The first kappa shape index (κ1) is 21.1. The highest BCUT2D eigenvalue weighted by atomic mass is 16.5. The average Bonchev–Trinajstić information content (AvgIpc) is 3.14. The van der Waals surface area contributed by atoms with Crippen LogP contribution >= 0.6 is 0 Å². The van der Waals surface area contributed by atoms with Gasteiger partial charge in [-0.3, -0.25) is 0 Å². The molecule has 6 nitrogen and oxygen atoms in total. The van der Waals surface area contributed by atoms with Crippen molar-refractivity contribution in [3.63, 3.8) is 0 Å². The molecule has 2 unspecified atom stereocenters. The number of carbonyl (C=O) groups excluding carboxylic acids is 1. The SMILES string of the molecule is O=C(NCC(O)C(O)c1ccccc1CO)OCC1c2ccccc2-c2ccccc21. The Morgan fingerprint density at radius 2 is 1.48 bits per heavy atom. The van der Waals surface area contributed by atoms with Crippen LogP contribution in [0.25, 0.3) is 11.1 Å². The third kappa shape index (κ3) is 4.32. The topological polar surface area (TPSA) is 99.0 Å². The van der Waals surface area contributed by atoms with Crippen LogP contribution in [0.5, 0.6) is 0 Å². The van der Waals surface area contributed by atoms with Crippen LogP contribution in [0.2, 0.25) is 0 Å². The molecule has 0 spiro atoms. The van der Waals surface area contributed by atoms with Gasteiger partial charge in [0.1, 0.15) is 18.8 Å². The van der Waals surface area contributed by atoms with Crippen LogP contribution in [-0.2, 0) is 11.3 Å². The van der Waals surface area contributed by atoms with Crippen LogP contribution in [0.15, 0.2) is 72.8 Å². The Kier molecular flexibility index (Phi) is 6.32. The molecule has 1 aliphatic carbocycles. The van der Waals surface area contributed by atoms with Gasteiger partial charge in [-0.1, -0.05) is 72.8 Å². The summed E-state index contributed by atoms with van der Waals surface area (Å²) in [4.78, 5) is 12.2. The highest BCUT2D eigenvalue weighted by Crippen LogP contribution is 2.44. The molecule has 31 heavy (non-hydrogen) atoms. The summed E-state index contributed by atoms with van der Waals surface area (Å²) in [5.74, 6) is -0.0508. The lowest BCUT2D eigenvalue weighted by Crippen LogP contribution is -2.36. The second-order valence-corrected chi connectivity index (χ2v) is 7.58. The standard InChI is InChI=1S/C25H25NO5/c27-14-16-7-1-2-8-17(16)24(29)23(28)13-26-25(30)31-15-22-20-11-5-3-9-18(20)19-10-4-6-12-21(19)22/h1-12,22-24,27-29H,13-15H2,(H,26,30). The molecule has 3 aromatic rings. The van der Waals surface area contributed by atoms with Gasteiger partial charge in [0.2, 0.25) is 0 Å². The van der Waals surface area contributed by atoms with Gasteiger partial charge in [0.05, 0.1) is 6.61 Å². The smallest absolute Gasteiger partial charge is 0.407 e. The van der Waals surface area contributed by atoms with Crippen molar-refractivity contribution in [2.45, 2.75) is 24.7 Å². The number of fused-ring (bicyclic) bond motifs is 3. The van der Waals surface area contributed by atoms with E-state index in [1.165, 1.54) is 0 Å². The maximum atomic E-state index is 12.2. The van der Waals surface area contributed by atoms with Gasteiger partial charge in [-0.2, -0.15) is 0 Å². The Morgan fingerprint density at radius 1 is 0.903 bits per heavy atom. The fourth-order valence-electron chi connectivity index (χ4n) is 4.12. The highest BCUT2D eigenvalue weighted by molar-refractivity contribution is 5.79. The van der Waals surface area contributed by atoms with E-state index in [9.17, 15) is 20.1 Å². The number of amides is 1. The number of aliphatic hydroxyl groups excluding tert-OH is 3. The Bertz CT molecular complexity index is 1020. The molecule has 160 valence electrons. The van der Waals surface area contributed by atoms with Gasteiger partial charge in [0.15, 0.2) is 0 Å². The molecule has 6 heteroatoms. The van der Waals surface area contributed by atoms with E-state index < -0.39 is 18.3 Å². The van der Waals surface area contributed by atoms with E-state index in [1.54, 1.807) is 24.3 Å². The van der Waals surface area contributed by atoms with Crippen molar-refractivity contribution >= 4 is 6.09 Å². The Hall–Kier alpha value is -3.19. The van der Waals surface area contributed by atoms with Crippen molar-refractivity contribution in [1.82, 2.24) is 5.32 Å². The Morgan fingerprint density at radius 3 is 2.13 bits per heavy atom. The molecule has 0 bridgehead atoms. The number of hydrogen-bond donors (Lipinski definition) is 4. The number of nitrogens with one attached hydrogen (secondary N) is 1. The fraction of sp³-hybridized carbons (Fsp3) is 0.240. The summed E-state index contributed by atoms with van der Waals surface area (Å²) in [5.41, 5.74) is 5.48. The van der Waals surface area contributed by atoms with Crippen molar-refractivity contribution in [1.29, 1.82) is 0 Å². The molecule has 1 aliphatic rings. The summed E-state index contributed by atoms with van der Waals surface area (Å²) in [5, 5.41) is 32.6. The van der Waals surface area contributed by atoms with Gasteiger partial charge in [0.25, 0.3) is 0 Å². The van der Waals surface area contributed by atoms with Gasteiger partial charge in [0, 0.05) is 12.5 Å². The molecule has 4 rings (SSSR count). The minimum atomic E-state index is -1.24. The monoisotopic (exact) mass is 419 g/mol. The third-order valence-corrected chi connectivity index (χ3v) is 5.71. The third-order valence-electron chi connectivity index (χ3n) is 5.71. The Balaban J connectivity index is 1.35. The van der Waals surface area contributed by atoms with Crippen molar-refractivity contribution in [2.75, 3.05) is 13.2 Å². The van der Waals surface area contributed by atoms with Crippen LogP contribution < -0.4 is 5.32 Å². The number of rotatable bonds is 7. The molecule has 0 heterocycles. The van der Waals surface area contributed by atoms with Crippen molar-refractivity contribution in [2.24, 2.45) is 0 Å². The van der Waals surface area contributed by atoms with E-state index in [4.69, 9.17) is 4.74 Å². The van der Waals surface area contributed by atoms with E-state index in [1.807, 2.05) is 36.4 Å². The number of ether oxygens (including phenoxy) is 1. The van der Waals surface area contributed by atoms with Gasteiger partial charge in [-0.15, -0.1) is 0 Å². The molecular formula is C25H25NO5. The summed E-state index contributed by atoms with van der Waals surface area (Å²) in [6.45, 7) is -0.261. The van der Waals surface area contributed by atoms with E-state index >= 15 is 0 Å². The minimum Gasteiger partial charge on any atom is -0.449 e. The zero-order valence-corrected chi connectivity index (χ0v) is 16.9. The number of carbonyl (C=O) groups is 1. The summed E-state index contributed by atoms with van der Waals surface area (Å²) in [7, 11) is 0. The number of alkyl carbamates (subject to hydrolysis) is 1. The predicted octanol–water partition coefficient (Wildman–Crippen LogP) is 3.11. The first-order chi connectivity index (χ1) is 15.1. The number of hydrogen-bond acceptors (Lipinski definition) is 5. The molecule has 4 N–H and O–H groups in total. The molecular weight excluding hydrogens is 394 g/mol. The first-order valence-electron chi connectivity index (χ1n) is 10.2. The molecule has 1 amide bonds. The molecule has 0 aromatic heterocycles. The van der Waals surface area contributed by atoms with Crippen LogP contribution in [0.1, 0.15) is 34.3 Å². The molecule has 0 saturated heterocycles. The zero-order chi connectivity index (χ0) is 21.8. The zero-order valence-electron chi connectivity index (χ0n) is 16.9. The second kappa shape index (κ2) is 9.31. The molecule has 0 radical (unpaired) electrons. The maximum absolute atomic E-state index is 12.2. The lowest BCUT2D eigenvalue weighted by Gasteiger charge is -2.21. The predicted molar refractivity (Wildman–Crippen MR) is 116 cm³/mol. The average molecular weight is 419 g/mol. The van der Waals surface area contributed by atoms with E-state index in [0.29, 0.717) is 11.1 Å². The molecule has 0 aliphatic heterocycles. The van der Waals surface area contributed by atoms with E-state index in [2.05, 4.69) is 17.4 Å². The molecule has 0 fully saturated rings. The Labute approximate surface area is 180 Å². The van der Waals surface area contributed by atoms with E-state index in [-0.39, 0.29) is 25.7 Å². The highest BCUT2D eigenvalue weighted by Gasteiger charge is 2.29. The van der Waals surface area contributed by atoms with Crippen molar-refractivity contribution < 1.29 is 24.9 Å². The first-order valence-corrected chi connectivity index (χ1v) is 10.2. The van der Waals surface area contributed by atoms with E-state index in [0.717, 1.165) is 22.3 Å². The lowest BCUT2D eigenvalue weighted by atomic mass is 9.98. The second-order valence-electron chi connectivity index (χ2n) is 7.58. The lowest BCUT2D eigenvalue weighted by molar-refractivity contribution is 0.0174. The van der Waals surface area contributed by atoms with Crippen LogP contribution in [0.3, 0.4) is 0 Å². The summed E-state index contributed by atoms with van der Waals surface area (Å²) in [6, 6.07) is 22.9. The van der Waals surface area contributed by atoms with Gasteiger partial charge >= 0.3 is 6.09 Å². The molecule has 3 aromatic carbocycles. The minimum absolute atomic E-state index is 0.0508. The number of aliphatic hydroxyl groups is 3. The van der Waals surface area contributed by atoms with Gasteiger partial charge in [-0.05, 0) is 33.4 Å². The largest absolute Gasteiger partial charge is 0.449 e. The number of benzene rings is 3. The van der Waals surface area contributed by atoms with Crippen LogP contribution in [0, 0.1) is 0 Å². The molecule has 2 atom stereocenters. The summed E-state index contributed by atoms with van der Waals surface area (Å²) < 4.78 is 5.44. The quantitative estimate of drug-likeness (QED) is 0.472. The normalized spacial score (nSPS) is 14.4. The van der Waals surface area contributed by atoms with Gasteiger partial charge < -0.3 is 25.4 Å². The summed E-state index contributed by atoms with van der Waals surface area (Å²) >= 11 is 0. The van der Waals surface area contributed by atoms with Crippen LogP contribution in [0.4, 0.5) is 4.79 Å². The van der Waals surface area contributed by atoms with Crippen LogP contribution in [-0.4, -0.2) is 40.7 Å².